The van der Waals surface area contributed by atoms with Crippen molar-refractivity contribution < 1.29 is 14.7 Å². The van der Waals surface area contributed by atoms with E-state index in [9.17, 15) is 9.59 Å². The topological polar surface area (TPSA) is 82.5 Å². The molecule has 0 unspecified atom stereocenters. The summed E-state index contributed by atoms with van der Waals surface area (Å²) in [5.41, 5.74) is 2.59. The quantitative estimate of drug-likeness (QED) is 0.884. The van der Waals surface area contributed by atoms with Crippen molar-refractivity contribution in [2.45, 2.75) is 6.54 Å². The van der Waals surface area contributed by atoms with E-state index in [0.717, 1.165) is 16.0 Å². The molecule has 0 aliphatic rings. The maximum Gasteiger partial charge on any atom is 0.408 e. The molecule has 2 rings (SSSR count). The SMILES string of the molecule is CNC(=O)CN(Cc1ccc(-c2ccccc2)cn1)C(=O)O. The summed E-state index contributed by atoms with van der Waals surface area (Å²) in [5, 5.41) is 11.5. The van der Waals surface area contributed by atoms with E-state index in [4.69, 9.17) is 5.11 Å². The average molecular weight is 299 g/mol. The van der Waals surface area contributed by atoms with Gasteiger partial charge in [-0.2, -0.15) is 0 Å². The predicted octanol–water partition coefficient (Wildman–Crippen LogP) is 1.97. The van der Waals surface area contributed by atoms with Crippen molar-refractivity contribution in [3.05, 3.63) is 54.4 Å². The van der Waals surface area contributed by atoms with Gasteiger partial charge in [0.1, 0.15) is 6.54 Å². The minimum atomic E-state index is -1.16. The number of hydrogen-bond acceptors (Lipinski definition) is 3. The lowest BCUT2D eigenvalue weighted by molar-refractivity contribution is -0.121. The highest BCUT2D eigenvalue weighted by molar-refractivity contribution is 5.81. The van der Waals surface area contributed by atoms with Gasteiger partial charge in [0, 0.05) is 18.8 Å². The molecule has 0 spiro atoms. The van der Waals surface area contributed by atoms with Gasteiger partial charge in [0.2, 0.25) is 5.91 Å². The molecular formula is C16H17N3O3. The lowest BCUT2D eigenvalue weighted by Gasteiger charge is -2.17. The largest absolute Gasteiger partial charge is 0.465 e. The van der Waals surface area contributed by atoms with Gasteiger partial charge >= 0.3 is 6.09 Å². The first-order valence-electron chi connectivity index (χ1n) is 6.79. The van der Waals surface area contributed by atoms with E-state index in [0.29, 0.717) is 5.69 Å². The normalized spacial score (nSPS) is 10.0. The van der Waals surface area contributed by atoms with E-state index in [-0.39, 0.29) is 19.0 Å². The van der Waals surface area contributed by atoms with Crippen LogP contribution in [-0.2, 0) is 11.3 Å². The van der Waals surface area contributed by atoms with Gasteiger partial charge in [-0.1, -0.05) is 36.4 Å². The minimum absolute atomic E-state index is 0.0673. The van der Waals surface area contributed by atoms with Gasteiger partial charge in [-0.15, -0.1) is 0 Å². The minimum Gasteiger partial charge on any atom is -0.465 e. The Balaban J connectivity index is 2.09. The Morgan fingerprint density at radius 2 is 1.86 bits per heavy atom. The zero-order valence-electron chi connectivity index (χ0n) is 12.2. The molecule has 0 aliphatic heterocycles. The number of aromatic nitrogens is 1. The van der Waals surface area contributed by atoms with Gasteiger partial charge in [0.05, 0.1) is 12.2 Å². The first kappa shape index (κ1) is 15.5. The highest BCUT2D eigenvalue weighted by atomic mass is 16.4. The Labute approximate surface area is 128 Å². The van der Waals surface area contributed by atoms with E-state index in [1.807, 2.05) is 36.4 Å². The first-order chi connectivity index (χ1) is 10.6. The molecule has 2 amide bonds. The third-order valence-electron chi connectivity index (χ3n) is 3.17. The summed E-state index contributed by atoms with van der Waals surface area (Å²) >= 11 is 0. The van der Waals surface area contributed by atoms with Crippen LogP contribution in [0.15, 0.2) is 48.7 Å². The average Bonchev–Trinajstić information content (AvgIpc) is 2.55. The zero-order valence-corrected chi connectivity index (χ0v) is 12.2. The molecule has 1 heterocycles. The van der Waals surface area contributed by atoms with Crippen LogP contribution in [0.4, 0.5) is 4.79 Å². The van der Waals surface area contributed by atoms with E-state index >= 15 is 0 Å². The number of rotatable bonds is 5. The number of nitrogens with zero attached hydrogens (tertiary/aromatic N) is 2. The summed E-state index contributed by atoms with van der Waals surface area (Å²) in [6.45, 7) is -0.147. The summed E-state index contributed by atoms with van der Waals surface area (Å²) in [4.78, 5) is 27.8. The Kier molecular flexibility index (Phi) is 5.08. The molecule has 1 aromatic heterocycles. The fourth-order valence-corrected chi connectivity index (χ4v) is 1.96. The number of carbonyl (C=O) groups excluding carboxylic acids is 1. The van der Waals surface area contributed by atoms with Crippen LogP contribution < -0.4 is 5.32 Å². The summed E-state index contributed by atoms with van der Waals surface area (Å²) in [6.07, 6.45) is 0.544. The number of carboxylic acid groups (broad SMARTS) is 1. The van der Waals surface area contributed by atoms with Crippen LogP contribution in [-0.4, -0.2) is 40.6 Å². The summed E-state index contributed by atoms with van der Waals surface area (Å²) in [7, 11) is 1.47. The third kappa shape index (κ3) is 4.05. The van der Waals surface area contributed by atoms with Crippen molar-refractivity contribution >= 4 is 12.0 Å². The Bertz CT molecular complexity index is 641. The Hall–Kier alpha value is -2.89. The van der Waals surface area contributed by atoms with Gasteiger partial charge in [-0.3, -0.25) is 14.7 Å². The molecule has 22 heavy (non-hydrogen) atoms. The van der Waals surface area contributed by atoms with Crippen molar-refractivity contribution in [1.82, 2.24) is 15.2 Å². The summed E-state index contributed by atoms with van der Waals surface area (Å²) in [5.74, 6) is -0.358. The van der Waals surface area contributed by atoms with Crippen LogP contribution >= 0.6 is 0 Å². The third-order valence-corrected chi connectivity index (χ3v) is 3.17. The first-order valence-corrected chi connectivity index (χ1v) is 6.79. The molecule has 0 aliphatic carbocycles. The molecular weight excluding hydrogens is 282 g/mol. The molecule has 0 saturated heterocycles. The monoisotopic (exact) mass is 299 g/mol. The van der Waals surface area contributed by atoms with E-state index in [1.54, 1.807) is 12.3 Å². The van der Waals surface area contributed by atoms with Gasteiger partial charge in [-0.25, -0.2) is 4.79 Å². The van der Waals surface area contributed by atoms with Crippen LogP contribution in [0, 0.1) is 0 Å². The Morgan fingerprint density at radius 3 is 2.41 bits per heavy atom. The predicted molar refractivity (Wildman–Crippen MR) is 82.2 cm³/mol. The highest BCUT2D eigenvalue weighted by Gasteiger charge is 2.16. The van der Waals surface area contributed by atoms with Crippen LogP contribution in [0.25, 0.3) is 11.1 Å². The number of nitrogens with one attached hydrogen (secondary N) is 1. The number of hydrogen-bond donors (Lipinski definition) is 2. The standard InChI is InChI=1S/C16H17N3O3/c1-17-15(20)11-19(16(21)22)10-14-8-7-13(9-18-14)12-5-3-2-4-6-12/h2-9H,10-11H2,1H3,(H,17,20)(H,21,22). The highest BCUT2D eigenvalue weighted by Crippen LogP contribution is 2.18. The molecule has 0 atom stereocenters. The number of likely N-dealkylation sites (N-methyl/N-ethyl adjacent to an activating group) is 1. The molecule has 2 N–H and O–H groups in total. The van der Waals surface area contributed by atoms with Crippen LogP contribution in [0.2, 0.25) is 0 Å². The second-order valence-corrected chi connectivity index (χ2v) is 4.72. The molecule has 0 bridgehead atoms. The molecule has 114 valence electrons. The smallest absolute Gasteiger partial charge is 0.408 e. The van der Waals surface area contributed by atoms with Crippen LogP contribution in [0.5, 0.6) is 0 Å². The number of carbonyl (C=O) groups is 2. The van der Waals surface area contributed by atoms with E-state index in [2.05, 4.69) is 10.3 Å². The van der Waals surface area contributed by atoms with Gasteiger partial charge in [0.25, 0.3) is 0 Å². The number of benzene rings is 1. The zero-order chi connectivity index (χ0) is 15.9. The van der Waals surface area contributed by atoms with Crippen LogP contribution in [0.3, 0.4) is 0 Å². The Morgan fingerprint density at radius 1 is 1.14 bits per heavy atom. The molecule has 0 fully saturated rings. The molecule has 0 saturated carbocycles. The number of pyridine rings is 1. The molecule has 0 radical (unpaired) electrons. The van der Waals surface area contributed by atoms with Crippen molar-refractivity contribution in [2.24, 2.45) is 0 Å². The molecule has 6 nitrogen and oxygen atoms in total. The fraction of sp³-hybridized carbons (Fsp3) is 0.188. The number of amides is 2. The molecule has 2 aromatic rings. The van der Waals surface area contributed by atoms with Gasteiger partial charge in [-0.05, 0) is 11.6 Å². The fourth-order valence-electron chi connectivity index (χ4n) is 1.96. The maximum atomic E-state index is 11.3. The molecule has 1 aromatic carbocycles. The van der Waals surface area contributed by atoms with Crippen molar-refractivity contribution in [3.63, 3.8) is 0 Å². The van der Waals surface area contributed by atoms with Crippen molar-refractivity contribution in [1.29, 1.82) is 0 Å². The second-order valence-electron chi connectivity index (χ2n) is 4.72. The maximum absolute atomic E-state index is 11.3. The van der Waals surface area contributed by atoms with E-state index in [1.165, 1.54) is 7.05 Å². The lowest BCUT2D eigenvalue weighted by atomic mass is 10.1. The van der Waals surface area contributed by atoms with Gasteiger partial charge < -0.3 is 10.4 Å². The van der Waals surface area contributed by atoms with Crippen molar-refractivity contribution in [2.75, 3.05) is 13.6 Å². The summed E-state index contributed by atoms with van der Waals surface area (Å²) < 4.78 is 0. The molecule has 6 heteroatoms. The van der Waals surface area contributed by atoms with Crippen LogP contribution in [0.1, 0.15) is 5.69 Å². The van der Waals surface area contributed by atoms with Gasteiger partial charge in [0.15, 0.2) is 0 Å². The van der Waals surface area contributed by atoms with Crippen molar-refractivity contribution in [3.8, 4) is 11.1 Å². The summed E-state index contributed by atoms with van der Waals surface area (Å²) in [6, 6.07) is 13.4. The van der Waals surface area contributed by atoms with E-state index < -0.39 is 6.09 Å². The lowest BCUT2D eigenvalue weighted by Crippen LogP contribution is -2.38. The second kappa shape index (κ2) is 7.21.